The van der Waals surface area contributed by atoms with E-state index in [0.29, 0.717) is 24.4 Å². The topological polar surface area (TPSA) is 75.9 Å². The Labute approximate surface area is 151 Å². The number of fused-ring (bicyclic) bond motifs is 1. The molecule has 1 aliphatic rings. The van der Waals surface area contributed by atoms with Gasteiger partial charge in [-0.05, 0) is 31.2 Å². The minimum atomic E-state index is 0.0297. The molecule has 1 aliphatic heterocycles. The fraction of sp³-hybridized carbons (Fsp3) is 0.333. The molecule has 0 atom stereocenters. The molecule has 1 amide bonds. The van der Waals surface area contributed by atoms with Crippen LogP contribution in [-0.4, -0.2) is 63.9 Å². The third kappa shape index (κ3) is 2.94. The van der Waals surface area contributed by atoms with Gasteiger partial charge < -0.3 is 14.5 Å². The van der Waals surface area contributed by atoms with Gasteiger partial charge in [0.25, 0.3) is 5.91 Å². The molecule has 0 saturated carbocycles. The Morgan fingerprint density at radius 3 is 2.73 bits per heavy atom. The molecule has 134 valence electrons. The van der Waals surface area contributed by atoms with Crippen molar-refractivity contribution < 1.29 is 9.53 Å². The van der Waals surface area contributed by atoms with E-state index >= 15 is 0 Å². The van der Waals surface area contributed by atoms with Crippen molar-refractivity contribution in [2.45, 2.75) is 6.92 Å². The second-order valence-electron chi connectivity index (χ2n) is 6.28. The van der Waals surface area contributed by atoms with Crippen LogP contribution in [0.4, 0.5) is 5.69 Å². The minimum absolute atomic E-state index is 0.0297. The summed E-state index contributed by atoms with van der Waals surface area (Å²) in [7, 11) is 1.60. The van der Waals surface area contributed by atoms with Crippen LogP contribution >= 0.6 is 0 Å². The number of amides is 1. The van der Waals surface area contributed by atoms with E-state index in [1.54, 1.807) is 24.0 Å². The van der Waals surface area contributed by atoms with Crippen molar-refractivity contribution in [3.8, 4) is 5.75 Å². The van der Waals surface area contributed by atoms with Crippen LogP contribution in [0.15, 0.2) is 36.7 Å². The lowest BCUT2D eigenvalue weighted by Crippen LogP contribution is -2.49. The standard InChI is InChI=1S/C18H20N6O2/c1-13-10-16(17-20-19-12-24(17)21-13)22-6-8-23(9-7-22)18(25)14-4-3-5-15(11-14)26-2/h3-5,10-12H,6-9H2,1-2H3. The molecular formula is C18H20N6O2. The van der Waals surface area contributed by atoms with Crippen LogP contribution < -0.4 is 9.64 Å². The number of benzene rings is 1. The number of aromatic nitrogens is 4. The van der Waals surface area contributed by atoms with E-state index in [1.807, 2.05) is 36.1 Å². The summed E-state index contributed by atoms with van der Waals surface area (Å²) in [6.07, 6.45) is 1.61. The van der Waals surface area contributed by atoms with E-state index in [9.17, 15) is 4.79 Å². The molecule has 4 rings (SSSR count). The first kappa shape index (κ1) is 16.3. The summed E-state index contributed by atoms with van der Waals surface area (Å²) < 4.78 is 6.90. The monoisotopic (exact) mass is 352 g/mol. The first-order valence-corrected chi connectivity index (χ1v) is 8.51. The molecule has 2 aromatic heterocycles. The van der Waals surface area contributed by atoms with Gasteiger partial charge >= 0.3 is 0 Å². The van der Waals surface area contributed by atoms with E-state index in [-0.39, 0.29) is 5.91 Å². The van der Waals surface area contributed by atoms with E-state index < -0.39 is 0 Å². The lowest BCUT2D eigenvalue weighted by atomic mass is 10.1. The zero-order valence-corrected chi connectivity index (χ0v) is 14.8. The molecular weight excluding hydrogens is 332 g/mol. The molecule has 0 spiro atoms. The maximum Gasteiger partial charge on any atom is 0.254 e. The van der Waals surface area contributed by atoms with Crippen LogP contribution in [0.25, 0.3) is 5.65 Å². The normalized spacial score (nSPS) is 14.7. The number of hydrogen-bond acceptors (Lipinski definition) is 6. The van der Waals surface area contributed by atoms with Gasteiger partial charge in [-0.15, -0.1) is 10.2 Å². The summed E-state index contributed by atoms with van der Waals surface area (Å²) in [4.78, 5) is 16.9. The van der Waals surface area contributed by atoms with Gasteiger partial charge in [0.05, 0.1) is 18.5 Å². The fourth-order valence-corrected chi connectivity index (χ4v) is 3.25. The predicted molar refractivity (Wildman–Crippen MR) is 96.6 cm³/mol. The van der Waals surface area contributed by atoms with Crippen LogP contribution in [0.3, 0.4) is 0 Å². The predicted octanol–water partition coefficient (Wildman–Crippen LogP) is 1.40. The Hall–Kier alpha value is -3.16. The summed E-state index contributed by atoms with van der Waals surface area (Å²) >= 11 is 0. The third-order valence-electron chi connectivity index (χ3n) is 4.59. The number of anilines is 1. The molecule has 0 unspecified atom stereocenters. The van der Waals surface area contributed by atoms with E-state index in [2.05, 4.69) is 20.2 Å². The minimum Gasteiger partial charge on any atom is -0.497 e. The lowest BCUT2D eigenvalue weighted by molar-refractivity contribution is 0.0746. The summed E-state index contributed by atoms with van der Waals surface area (Å²) in [5, 5.41) is 12.5. The maximum atomic E-state index is 12.8. The van der Waals surface area contributed by atoms with Crippen molar-refractivity contribution >= 4 is 17.2 Å². The molecule has 0 aliphatic carbocycles. The van der Waals surface area contributed by atoms with Gasteiger partial charge in [0.1, 0.15) is 12.1 Å². The first-order chi connectivity index (χ1) is 12.7. The second kappa shape index (κ2) is 6.62. The number of nitrogens with zero attached hydrogens (tertiary/aromatic N) is 6. The van der Waals surface area contributed by atoms with Gasteiger partial charge in [0.15, 0.2) is 0 Å². The van der Waals surface area contributed by atoms with Crippen molar-refractivity contribution in [2.24, 2.45) is 0 Å². The van der Waals surface area contributed by atoms with Crippen molar-refractivity contribution in [3.63, 3.8) is 0 Å². The first-order valence-electron chi connectivity index (χ1n) is 8.51. The van der Waals surface area contributed by atoms with Crippen molar-refractivity contribution in [1.82, 2.24) is 24.7 Å². The lowest BCUT2D eigenvalue weighted by Gasteiger charge is -2.36. The highest BCUT2D eigenvalue weighted by Gasteiger charge is 2.24. The van der Waals surface area contributed by atoms with Crippen LogP contribution in [-0.2, 0) is 0 Å². The number of piperazine rings is 1. The highest BCUT2D eigenvalue weighted by molar-refractivity contribution is 5.94. The Morgan fingerprint density at radius 1 is 1.15 bits per heavy atom. The fourth-order valence-electron chi connectivity index (χ4n) is 3.25. The van der Waals surface area contributed by atoms with Crippen LogP contribution in [0.2, 0.25) is 0 Å². The summed E-state index contributed by atoms with van der Waals surface area (Å²) in [5.74, 6) is 0.720. The number of ether oxygens (including phenoxy) is 1. The molecule has 1 aromatic carbocycles. The van der Waals surface area contributed by atoms with Crippen LogP contribution in [0, 0.1) is 6.92 Å². The number of methoxy groups -OCH3 is 1. The zero-order chi connectivity index (χ0) is 18.1. The Morgan fingerprint density at radius 2 is 1.96 bits per heavy atom. The second-order valence-corrected chi connectivity index (χ2v) is 6.28. The maximum absolute atomic E-state index is 12.8. The highest BCUT2D eigenvalue weighted by Crippen LogP contribution is 2.22. The molecule has 8 nitrogen and oxygen atoms in total. The van der Waals surface area contributed by atoms with Crippen LogP contribution in [0.1, 0.15) is 16.1 Å². The molecule has 8 heteroatoms. The smallest absolute Gasteiger partial charge is 0.254 e. The number of carbonyl (C=O) groups is 1. The summed E-state index contributed by atoms with van der Waals surface area (Å²) in [5.41, 5.74) is 3.30. The average Bonchev–Trinajstić information content (AvgIpc) is 3.15. The molecule has 3 aromatic rings. The van der Waals surface area contributed by atoms with Gasteiger partial charge in [-0.25, -0.2) is 0 Å². The van der Waals surface area contributed by atoms with E-state index in [1.165, 1.54) is 0 Å². The summed E-state index contributed by atoms with van der Waals surface area (Å²) in [6, 6.07) is 9.29. The number of carbonyl (C=O) groups excluding carboxylic acids is 1. The molecule has 3 heterocycles. The van der Waals surface area contributed by atoms with Gasteiger partial charge in [-0.1, -0.05) is 6.07 Å². The Bertz CT molecular complexity index is 946. The third-order valence-corrected chi connectivity index (χ3v) is 4.59. The molecule has 1 saturated heterocycles. The number of rotatable bonds is 3. The largest absolute Gasteiger partial charge is 0.497 e. The van der Waals surface area contributed by atoms with Crippen molar-refractivity contribution in [1.29, 1.82) is 0 Å². The Kier molecular flexibility index (Phi) is 4.16. The van der Waals surface area contributed by atoms with Crippen molar-refractivity contribution in [2.75, 3.05) is 38.2 Å². The van der Waals surface area contributed by atoms with Gasteiger partial charge in [-0.3, -0.25) is 4.79 Å². The van der Waals surface area contributed by atoms with Crippen molar-refractivity contribution in [3.05, 3.63) is 47.9 Å². The van der Waals surface area contributed by atoms with E-state index in [0.717, 1.165) is 30.1 Å². The van der Waals surface area contributed by atoms with Gasteiger partial charge in [-0.2, -0.15) is 9.61 Å². The molecule has 26 heavy (non-hydrogen) atoms. The molecule has 0 radical (unpaired) electrons. The van der Waals surface area contributed by atoms with E-state index in [4.69, 9.17) is 4.74 Å². The van der Waals surface area contributed by atoms with Gasteiger partial charge in [0.2, 0.25) is 5.65 Å². The molecule has 0 N–H and O–H groups in total. The SMILES string of the molecule is COc1cccc(C(=O)N2CCN(c3cc(C)nn4cnnc34)CC2)c1. The summed E-state index contributed by atoms with van der Waals surface area (Å²) in [6.45, 7) is 4.73. The highest BCUT2D eigenvalue weighted by atomic mass is 16.5. The van der Waals surface area contributed by atoms with Crippen LogP contribution in [0.5, 0.6) is 5.75 Å². The molecule has 1 fully saturated rings. The molecule has 0 bridgehead atoms. The van der Waals surface area contributed by atoms with Gasteiger partial charge in [0, 0.05) is 31.7 Å². The quantitative estimate of drug-likeness (QED) is 0.709. The zero-order valence-electron chi connectivity index (χ0n) is 14.8. The Balaban J connectivity index is 1.50. The average molecular weight is 352 g/mol. The number of aryl methyl sites for hydroxylation is 1. The number of hydrogen-bond donors (Lipinski definition) is 0.